The number of nitrogens with two attached hydrogens (primary N) is 1. The number of rotatable bonds is 6. The van der Waals surface area contributed by atoms with E-state index in [9.17, 15) is 14.0 Å². The van der Waals surface area contributed by atoms with E-state index in [1.54, 1.807) is 4.90 Å². The van der Waals surface area contributed by atoms with Gasteiger partial charge in [0.05, 0.1) is 24.1 Å². The number of likely N-dealkylation sites (tertiary alicyclic amines) is 1. The molecule has 5 rings (SSSR count). The molecule has 1 fully saturated rings. The SMILES string of the molecule is COc1ccc(F)cc1C(=O)NCc1ccc(-c2nn(C3CCN(C(=O)OC(C)(C)C)C3)c3ncnc(N)c23)cc1. The van der Waals surface area contributed by atoms with Crippen molar-refractivity contribution >= 4 is 28.9 Å². The first-order valence-corrected chi connectivity index (χ1v) is 13.2. The highest BCUT2D eigenvalue weighted by Crippen LogP contribution is 2.34. The van der Waals surface area contributed by atoms with E-state index in [1.165, 1.54) is 25.6 Å². The molecule has 0 saturated carbocycles. The van der Waals surface area contributed by atoms with E-state index in [1.807, 2.05) is 49.7 Å². The highest BCUT2D eigenvalue weighted by Gasteiger charge is 2.33. The van der Waals surface area contributed by atoms with E-state index in [2.05, 4.69) is 15.3 Å². The molecule has 214 valence electrons. The Morgan fingerprint density at radius 3 is 2.61 bits per heavy atom. The van der Waals surface area contributed by atoms with Crippen LogP contribution in [-0.2, 0) is 11.3 Å². The van der Waals surface area contributed by atoms with Gasteiger partial charge >= 0.3 is 6.09 Å². The summed E-state index contributed by atoms with van der Waals surface area (Å²) < 4.78 is 26.2. The van der Waals surface area contributed by atoms with Crippen LogP contribution in [0.25, 0.3) is 22.3 Å². The molecule has 4 aromatic rings. The number of hydrogen-bond donors (Lipinski definition) is 2. The number of benzene rings is 2. The molecule has 3 heterocycles. The predicted octanol–water partition coefficient (Wildman–Crippen LogP) is 4.34. The van der Waals surface area contributed by atoms with Crippen molar-refractivity contribution in [3.05, 3.63) is 65.7 Å². The first-order chi connectivity index (χ1) is 19.5. The zero-order chi connectivity index (χ0) is 29.3. The highest BCUT2D eigenvalue weighted by molar-refractivity contribution is 5.98. The van der Waals surface area contributed by atoms with E-state index < -0.39 is 17.3 Å². The van der Waals surface area contributed by atoms with Gasteiger partial charge in [-0.05, 0) is 51.0 Å². The quantitative estimate of drug-likeness (QED) is 0.355. The number of hydrogen-bond acceptors (Lipinski definition) is 8. The van der Waals surface area contributed by atoms with E-state index in [0.29, 0.717) is 42.1 Å². The molecule has 1 aliphatic heterocycles. The van der Waals surface area contributed by atoms with Crippen LogP contribution in [-0.4, -0.2) is 62.4 Å². The fourth-order valence-corrected chi connectivity index (χ4v) is 4.80. The normalized spacial score (nSPS) is 15.2. The molecule has 0 radical (unpaired) electrons. The Morgan fingerprint density at radius 2 is 1.90 bits per heavy atom. The lowest BCUT2D eigenvalue weighted by Gasteiger charge is -2.24. The highest BCUT2D eigenvalue weighted by atomic mass is 19.1. The lowest BCUT2D eigenvalue weighted by molar-refractivity contribution is 0.0288. The molecule has 0 aliphatic carbocycles. The minimum absolute atomic E-state index is 0.109. The lowest BCUT2D eigenvalue weighted by Crippen LogP contribution is -2.35. The number of amides is 2. The van der Waals surface area contributed by atoms with E-state index in [4.69, 9.17) is 20.3 Å². The van der Waals surface area contributed by atoms with Crippen LogP contribution in [0.3, 0.4) is 0 Å². The fourth-order valence-electron chi connectivity index (χ4n) is 4.80. The van der Waals surface area contributed by atoms with Crippen LogP contribution in [0.4, 0.5) is 15.0 Å². The van der Waals surface area contributed by atoms with Crippen molar-refractivity contribution in [2.75, 3.05) is 25.9 Å². The van der Waals surface area contributed by atoms with Gasteiger partial charge in [0, 0.05) is 25.2 Å². The molecule has 2 aromatic carbocycles. The first kappa shape index (κ1) is 27.8. The van der Waals surface area contributed by atoms with Gasteiger partial charge in [-0.3, -0.25) is 4.79 Å². The number of ether oxygens (including phenoxy) is 2. The summed E-state index contributed by atoms with van der Waals surface area (Å²) in [4.78, 5) is 35.6. The molecule has 2 aromatic heterocycles. The second-order valence-electron chi connectivity index (χ2n) is 10.8. The number of halogens is 1. The van der Waals surface area contributed by atoms with Gasteiger partial charge in [-0.15, -0.1) is 0 Å². The number of carbonyl (C=O) groups is 2. The molecule has 41 heavy (non-hydrogen) atoms. The van der Waals surface area contributed by atoms with Gasteiger partial charge in [-0.2, -0.15) is 5.10 Å². The summed E-state index contributed by atoms with van der Waals surface area (Å²) in [6.45, 7) is 6.72. The average molecular weight is 562 g/mol. The molecule has 3 N–H and O–H groups in total. The van der Waals surface area contributed by atoms with Gasteiger partial charge in [0.25, 0.3) is 5.91 Å². The molecule has 12 heteroatoms. The van der Waals surface area contributed by atoms with Gasteiger partial charge < -0.3 is 25.4 Å². The number of fused-ring (bicyclic) bond motifs is 1. The van der Waals surface area contributed by atoms with Crippen molar-refractivity contribution in [1.82, 2.24) is 30.0 Å². The Labute approximate surface area is 236 Å². The standard InChI is InChI=1S/C29H32FN7O4/c1-29(2,3)41-28(39)36-12-11-20(15-36)37-26-23(25(31)33-16-34-26)24(35-37)18-7-5-17(6-8-18)14-32-27(38)21-13-19(30)9-10-22(21)40-4/h5-10,13,16,20H,11-12,14-15H2,1-4H3,(H,32,38)(H2,31,33,34). The molecule has 0 bridgehead atoms. The molecule has 1 unspecified atom stereocenters. The van der Waals surface area contributed by atoms with Gasteiger partial charge in [0.15, 0.2) is 5.65 Å². The third-order valence-corrected chi connectivity index (χ3v) is 6.77. The van der Waals surface area contributed by atoms with Crippen molar-refractivity contribution in [3.63, 3.8) is 0 Å². The number of carbonyl (C=O) groups excluding carboxylic acids is 2. The first-order valence-electron chi connectivity index (χ1n) is 13.2. The number of aromatic nitrogens is 4. The summed E-state index contributed by atoms with van der Waals surface area (Å²) in [5, 5.41) is 8.30. The third-order valence-electron chi connectivity index (χ3n) is 6.77. The maximum absolute atomic E-state index is 13.7. The molecule has 1 aliphatic rings. The van der Waals surface area contributed by atoms with E-state index in [0.717, 1.165) is 17.2 Å². The van der Waals surface area contributed by atoms with Gasteiger partial charge in [0.2, 0.25) is 0 Å². The Bertz CT molecular complexity index is 1600. The van der Waals surface area contributed by atoms with Crippen LogP contribution >= 0.6 is 0 Å². The summed E-state index contributed by atoms with van der Waals surface area (Å²) >= 11 is 0. The summed E-state index contributed by atoms with van der Waals surface area (Å²) in [7, 11) is 1.43. The molecular formula is C29H32FN7O4. The molecule has 11 nitrogen and oxygen atoms in total. The van der Waals surface area contributed by atoms with E-state index in [-0.39, 0.29) is 30.0 Å². The minimum Gasteiger partial charge on any atom is -0.496 e. The van der Waals surface area contributed by atoms with Crippen LogP contribution < -0.4 is 15.8 Å². The topological polar surface area (TPSA) is 137 Å². The van der Waals surface area contributed by atoms with Crippen molar-refractivity contribution in [2.45, 2.75) is 45.4 Å². The molecule has 1 atom stereocenters. The van der Waals surface area contributed by atoms with Gasteiger partial charge in [0.1, 0.15) is 35.0 Å². The van der Waals surface area contributed by atoms with Crippen molar-refractivity contribution in [3.8, 4) is 17.0 Å². The number of nitrogens with zero attached hydrogens (tertiary/aromatic N) is 5. The Hall–Kier alpha value is -4.74. The van der Waals surface area contributed by atoms with Crippen molar-refractivity contribution in [2.24, 2.45) is 0 Å². The zero-order valence-electron chi connectivity index (χ0n) is 23.3. The monoisotopic (exact) mass is 561 g/mol. The average Bonchev–Trinajstić information content (AvgIpc) is 3.57. The number of anilines is 1. The summed E-state index contributed by atoms with van der Waals surface area (Å²) in [5.41, 5.74) is 8.64. The maximum atomic E-state index is 13.7. The third kappa shape index (κ3) is 5.91. The number of methoxy groups -OCH3 is 1. The smallest absolute Gasteiger partial charge is 0.410 e. The lowest BCUT2D eigenvalue weighted by atomic mass is 10.1. The van der Waals surface area contributed by atoms with Crippen LogP contribution in [0, 0.1) is 5.82 Å². The van der Waals surface area contributed by atoms with Gasteiger partial charge in [-0.1, -0.05) is 24.3 Å². The number of nitrogen functional groups attached to an aromatic ring is 1. The fraction of sp³-hybridized carbons (Fsp3) is 0.345. The predicted molar refractivity (Wildman–Crippen MR) is 151 cm³/mol. The van der Waals surface area contributed by atoms with Crippen molar-refractivity contribution in [1.29, 1.82) is 0 Å². The van der Waals surface area contributed by atoms with Crippen LogP contribution in [0.5, 0.6) is 5.75 Å². The van der Waals surface area contributed by atoms with Crippen LogP contribution in [0.2, 0.25) is 0 Å². The molecule has 0 spiro atoms. The van der Waals surface area contributed by atoms with E-state index >= 15 is 0 Å². The minimum atomic E-state index is -0.580. The summed E-state index contributed by atoms with van der Waals surface area (Å²) in [5.74, 6) is -0.376. The molecule has 1 saturated heterocycles. The number of nitrogens with one attached hydrogen (secondary N) is 1. The van der Waals surface area contributed by atoms with Crippen LogP contribution in [0.1, 0.15) is 49.2 Å². The van der Waals surface area contributed by atoms with Crippen LogP contribution in [0.15, 0.2) is 48.8 Å². The zero-order valence-corrected chi connectivity index (χ0v) is 23.3. The molecular weight excluding hydrogens is 529 g/mol. The second kappa shape index (κ2) is 11.0. The Kier molecular flexibility index (Phi) is 7.48. The largest absolute Gasteiger partial charge is 0.496 e. The molecule has 2 amide bonds. The second-order valence-corrected chi connectivity index (χ2v) is 10.8. The summed E-state index contributed by atoms with van der Waals surface area (Å²) in [6.07, 6.45) is 1.73. The Morgan fingerprint density at radius 1 is 1.15 bits per heavy atom. The summed E-state index contributed by atoms with van der Waals surface area (Å²) in [6, 6.07) is 11.2. The van der Waals surface area contributed by atoms with Gasteiger partial charge in [-0.25, -0.2) is 23.8 Å². The van der Waals surface area contributed by atoms with Crippen molar-refractivity contribution < 1.29 is 23.5 Å². The Balaban J connectivity index is 1.35. The maximum Gasteiger partial charge on any atom is 0.410 e.